The summed E-state index contributed by atoms with van der Waals surface area (Å²) in [6.07, 6.45) is 5.01. The van der Waals surface area contributed by atoms with E-state index in [4.69, 9.17) is 12.2 Å². The maximum Gasteiger partial charge on any atom is 0.262 e. The Balaban J connectivity index is 1.90. The van der Waals surface area contributed by atoms with Crippen LogP contribution < -0.4 is 10.9 Å². The second-order valence-electron chi connectivity index (χ2n) is 7.24. The number of fused-ring (bicyclic) bond motifs is 1. The van der Waals surface area contributed by atoms with Gasteiger partial charge in [0.2, 0.25) is 0 Å². The molecular weight excluding hydrogens is 346 g/mol. The van der Waals surface area contributed by atoms with E-state index < -0.39 is 0 Å². The number of rotatable bonds is 4. The average Bonchev–Trinajstić information content (AvgIpc) is 2.62. The number of allylic oxidation sites excluding steroid dienone is 1. The van der Waals surface area contributed by atoms with Gasteiger partial charge < -0.3 is 10.3 Å². The van der Waals surface area contributed by atoms with Crippen LogP contribution in [-0.2, 0) is 6.54 Å². The van der Waals surface area contributed by atoms with Gasteiger partial charge in [0.05, 0.1) is 10.9 Å². The third-order valence-corrected chi connectivity index (χ3v) is 5.90. The predicted octanol–water partition coefficient (Wildman–Crippen LogP) is 3.80. The standard InChI is InChI=1S/C20H25N3O2S/c1-4-10-23-19(25)15-9-8-14(11-17(15)22-20(23)26)18(24)21-16-7-5-6-12(2)13(16)3/h4,8-9,11-13,16H,1,5-7,10H2,2-3H3,(H,21,24)(H,22,26). The summed E-state index contributed by atoms with van der Waals surface area (Å²) in [7, 11) is 0. The van der Waals surface area contributed by atoms with Crippen molar-refractivity contribution in [3.8, 4) is 0 Å². The third-order valence-electron chi connectivity index (χ3n) is 5.58. The SMILES string of the molecule is C=CCn1c(=S)[nH]c2cc(C(=O)NC3CCCC(C)C3C)ccc2c1=O. The summed E-state index contributed by atoms with van der Waals surface area (Å²) in [5.74, 6) is 0.975. The number of aromatic nitrogens is 2. The Morgan fingerprint density at radius 3 is 2.92 bits per heavy atom. The fourth-order valence-corrected chi connectivity index (χ4v) is 4.00. The molecule has 0 bridgehead atoms. The van der Waals surface area contributed by atoms with Gasteiger partial charge in [-0.05, 0) is 48.7 Å². The minimum atomic E-state index is -0.176. The van der Waals surface area contributed by atoms with Crippen LogP contribution in [0.2, 0.25) is 0 Å². The van der Waals surface area contributed by atoms with E-state index in [2.05, 4.69) is 30.7 Å². The molecule has 0 aliphatic heterocycles. The first kappa shape index (κ1) is 18.6. The van der Waals surface area contributed by atoms with Gasteiger partial charge in [-0.25, -0.2) is 0 Å². The number of amides is 1. The van der Waals surface area contributed by atoms with E-state index in [9.17, 15) is 9.59 Å². The quantitative estimate of drug-likeness (QED) is 0.634. The molecule has 1 heterocycles. The normalized spacial score (nSPS) is 22.9. The van der Waals surface area contributed by atoms with E-state index in [-0.39, 0.29) is 17.5 Å². The molecule has 138 valence electrons. The van der Waals surface area contributed by atoms with Gasteiger partial charge in [0, 0.05) is 18.2 Å². The summed E-state index contributed by atoms with van der Waals surface area (Å²) >= 11 is 5.26. The molecule has 1 amide bonds. The molecule has 0 radical (unpaired) electrons. The lowest BCUT2D eigenvalue weighted by atomic mass is 9.78. The maximum absolute atomic E-state index is 12.7. The molecule has 1 fully saturated rings. The molecule has 6 heteroatoms. The highest BCUT2D eigenvalue weighted by Gasteiger charge is 2.28. The summed E-state index contributed by atoms with van der Waals surface area (Å²) in [6, 6.07) is 5.29. The number of hydrogen-bond acceptors (Lipinski definition) is 3. The second-order valence-corrected chi connectivity index (χ2v) is 7.63. The Morgan fingerprint density at radius 2 is 2.19 bits per heavy atom. The summed E-state index contributed by atoms with van der Waals surface area (Å²) in [4.78, 5) is 28.3. The minimum Gasteiger partial charge on any atom is -0.349 e. The first-order valence-electron chi connectivity index (χ1n) is 9.11. The van der Waals surface area contributed by atoms with Gasteiger partial charge in [0.1, 0.15) is 0 Å². The lowest BCUT2D eigenvalue weighted by Gasteiger charge is -2.34. The molecule has 1 saturated carbocycles. The van der Waals surface area contributed by atoms with Crippen LogP contribution >= 0.6 is 12.2 Å². The monoisotopic (exact) mass is 371 g/mol. The van der Waals surface area contributed by atoms with Gasteiger partial charge in [0.15, 0.2) is 4.77 Å². The largest absolute Gasteiger partial charge is 0.349 e. The van der Waals surface area contributed by atoms with E-state index in [0.717, 1.165) is 12.8 Å². The van der Waals surface area contributed by atoms with Crippen molar-refractivity contribution < 1.29 is 4.79 Å². The van der Waals surface area contributed by atoms with E-state index >= 15 is 0 Å². The fraction of sp³-hybridized carbons (Fsp3) is 0.450. The molecule has 1 aromatic carbocycles. The highest BCUT2D eigenvalue weighted by molar-refractivity contribution is 7.71. The van der Waals surface area contributed by atoms with Crippen LogP contribution in [0.25, 0.3) is 10.9 Å². The number of H-pyrrole nitrogens is 1. The first-order chi connectivity index (χ1) is 12.4. The van der Waals surface area contributed by atoms with Crippen LogP contribution in [0.4, 0.5) is 0 Å². The van der Waals surface area contributed by atoms with E-state index in [1.165, 1.54) is 11.0 Å². The summed E-state index contributed by atoms with van der Waals surface area (Å²) in [5.41, 5.74) is 0.942. The molecular formula is C20H25N3O2S. The predicted molar refractivity (Wildman–Crippen MR) is 107 cm³/mol. The van der Waals surface area contributed by atoms with Gasteiger partial charge >= 0.3 is 0 Å². The van der Waals surface area contributed by atoms with Crippen LogP contribution in [0, 0.1) is 16.6 Å². The number of carbonyl (C=O) groups excluding carboxylic acids is 1. The van der Waals surface area contributed by atoms with Crippen LogP contribution in [0.1, 0.15) is 43.5 Å². The summed E-state index contributed by atoms with van der Waals surface area (Å²) in [6.45, 7) is 8.45. The Morgan fingerprint density at radius 1 is 1.42 bits per heavy atom. The van der Waals surface area contributed by atoms with Gasteiger partial charge in [-0.3, -0.25) is 14.2 Å². The Kier molecular flexibility index (Phi) is 5.41. The molecule has 26 heavy (non-hydrogen) atoms. The average molecular weight is 372 g/mol. The number of benzene rings is 1. The molecule has 3 atom stereocenters. The fourth-order valence-electron chi connectivity index (χ4n) is 3.73. The van der Waals surface area contributed by atoms with Gasteiger partial charge in [-0.1, -0.05) is 32.8 Å². The Bertz CT molecular complexity index is 960. The van der Waals surface area contributed by atoms with Crippen molar-refractivity contribution in [3.63, 3.8) is 0 Å². The van der Waals surface area contributed by atoms with E-state index in [1.807, 2.05) is 0 Å². The molecule has 5 nitrogen and oxygen atoms in total. The maximum atomic E-state index is 12.7. The molecule has 0 saturated heterocycles. The van der Waals surface area contributed by atoms with Crippen molar-refractivity contribution in [2.24, 2.45) is 11.8 Å². The van der Waals surface area contributed by atoms with E-state index in [1.54, 1.807) is 24.3 Å². The zero-order chi connectivity index (χ0) is 18.8. The zero-order valence-electron chi connectivity index (χ0n) is 15.2. The highest BCUT2D eigenvalue weighted by Crippen LogP contribution is 2.29. The van der Waals surface area contributed by atoms with Crippen molar-refractivity contribution >= 4 is 29.0 Å². The van der Waals surface area contributed by atoms with Gasteiger partial charge in [-0.15, -0.1) is 6.58 Å². The van der Waals surface area contributed by atoms with Gasteiger partial charge in [-0.2, -0.15) is 0 Å². The van der Waals surface area contributed by atoms with E-state index in [0.29, 0.717) is 39.6 Å². The molecule has 1 aromatic heterocycles. The minimum absolute atomic E-state index is 0.104. The number of nitrogens with zero attached hydrogens (tertiary/aromatic N) is 1. The molecule has 3 rings (SSSR count). The molecule has 2 N–H and O–H groups in total. The second kappa shape index (κ2) is 7.58. The smallest absolute Gasteiger partial charge is 0.262 e. The highest BCUT2D eigenvalue weighted by atomic mass is 32.1. The number of aromatic amines is 1. The molecule has 0 spiro atoms. The Hall–Kier alpha value is -2.21. The summed E-state index contributed by atoms with van der Waals surface area (Å²) in [5, 5.41) is 3.68. The van der Waals surface area contributed by atoms with Crippen molar-refractivity contribution in [1.29, 1.82) is 0 Å². The van der Waals surface area contributed by atoms with Crippen molar-refractivity contribution in [3.05, 3.63) is 51.5 Å². The summed E-state index contributed by atoms with van der Waals surface area (Å²) < 4.78 is 1.78. The molecule has 2 aromatic rings. The number of nitrogens with one attached hydrogen (secondary N) is 2. The van der Waals surface area contributed by atoms with Crippen LogP contribution in [0.3, 0.4) is 0 Å². The number of carbonyl (C=O) groups is 1. The lowest BCUT2D eigenvalue weighted by molar-refractivity contribution is 0.0891. The number of hydrogen-bond donors (Lipinski definition) is 2. The first-order valence-corrected chi connectivity index (χ1v) is 9.52. The van der Waals surface area contributed by atoms with Crippen LogP contribution in [-0.4, -0.2) is 21.5 Å². The van der Waals surface area contributed by atoms with Crippen molar-refractivity contribution in [2.45, 2.75) is 45.7 Å². The lowest BCUT2D eigenvalue weighted by Crippen LogP contribution is -2.43. The molecule has 1 aliphatic rings. The van der Waals surface area contributed by atoms with Gasteiger partial charge in [0.25, 0.3) is 11.5 Å². The van der Waals surface area contributed by atoms with Crippen molar-refractivity contribution in [2.75, 3.05) is 0 Å². The topological polar surface area (TPSA) is 66.9 Å². The van der Waals surface area contributed by atoms with Crippen LogP contribution in [0.15, 0.2) is 35.6 Å². The zero-order valence-corrected chi connectivity index (χ0v) is 16.1. The molecule has 3 unspecified atom stereocenters. The Labute approximate surface area is 158 Å². The molecule has 1 aliphatic carbocycles. The third kappa shape index (κ3) is 3.51. The van der Waals surface area contributed by atoms with Crippen molar-refractivity contribution in [1.82, 2.24) is 14.9 Å². The van der Waals surface area contributed by atoms with Crippen LogP contribution in [0.5, 0.6) is 0 Å².